The topological polar surface area (TPSA) is 60.2 Å². The highest BCUT2D eigenvalue weighted by Gasteiger charge is 2.39. The number of halogens is 4. The van der Waals surface area contributed by atoms with E-state index in [2.05, 4.69) is 10.1 Å². The smallest absolute Gasteiger partial charge is 0.366 e. The number of hydrogen-bond donors (Lipinski definition) is 0. The van der Waals surface area contributed by atoms with Gasteiger partial charge in [-0.2, -0.15) is 23.0 Å². The SMILES string of the molecule is CC1(C)CN(c2cnn(-c3ccc(C(F)(F)F)cn3)c(=O)c2Cl)CC(C)(C)O1. The Bertz CT molecular complexity index is 923. The number of nitrogens with zero attached hydrogens (tertiary/aromatic N) is 4. The van der Waals surface area contributed by atoms with E-state index in [0.717, 1.165) is 16.8 Å². The lowest BCUT2D eigenvalue weighted by Gasteiger charge is -2.48. The summed E-state index contributed by atoms with van der Waals surface area (Å²) in [6.45, 7) is 8.76. The molecule has 0 aromatic carbocycles. The van der Waals surface area contributed by atoms with Gasteiger partial charge < -0.3 is 9.64 Å². The summed E-state index contributed by atoms with van der Waals surface area (Å²) in [5, 5.41) is 3.99. The maximum Gasteiger partial charge on any atom is 0.417 e. The summed E-state index contributed by atoms with van der Waals surface area (Å²) >= 11 is 6.31. The van der Waals surface area contributed by atoms with Crippen molar-refractivity contribution in [2.45, 2.75) is 45.1 Å². The van der Waals surface area contributed by atoms with Crippen molar-refractivity contribution >= 4 is 17.3 Å². The van der Waals surface area contributed by atoms with Crippen LogP contribution in [0.3, 0.4) is 0 Å². The van der Waals surface area contributed by atoms with E-state index in [4.69, 9.17) is 16.3 Å². The molecule has 0 aliphatic carbocycles. The van der Waals surface area contributed by atoms with E-state index in [0.29, 0.717) is 25.0 Å². The van der Waals surface area contributed by atoms with E-state index in [1.54, 1.807) is 0 Å². The minimum Gasteiger partial charge on any atom is -0.366 e. The molecule has 0 unspecified atom stereocenters. The molecule has 0 radical (unpaired) electrons. The summed E-state index contributed by atoms with van der Waals surface area (Å²) in [4.78, 5) is 18.3. The van der Waals surface area contributed by atoms with Gasteiger partial charge in [0.25, 0.3) is 5.56 Å². The van der Waals surface area contributed by atoms with E-state index in [-0.39, 0.29) is 10.8 Å². The molecule has 10 heteroatoms. The Morgan fingerprint density at radius 2 is 1.71 bits per heavy atom. The first-order valence-corrected chi connectivity index (χ1v) is 8.93. The molecule has 6 nitrogen and oxygen atoms in total. The highest BCUT2D eigenvalue weighted by Crippen LogP contribution is 2.33. The molecule has 0 saturated carbocycles. The van der Waals surface area contributed by atoms with Gasteiger partial charge >= 0.3 is 6.18 Å². The van der Waals surface area contributed by atoms with Gasteiger partial charge in [0.1, 0.15) is 5.02 Å². The molecule has 1 aliphatic heterocycles. The Kier molecular flexibility index (Phi) is 4.95. The number of alkyl halides is 3. The Labute approximate surface area is 164 Å². The third-order valence-corrected chi connectivity index (χ3v) is 4.58. The zero-order valence-corrected chi connectivity index (χ0v) is 16.6. The predicted octanol–water partition coefficient (Wildman–Crippen LogP) is 3.69. The second kappa shape index (κ2) is 6.73. The van der Waals surface area contributed by atoms with Gasteiger partial charge in [-0.25, -0.2) is 4.98 Å². The van der Waals surface area contributed by atoms with Crippen LogP contribution < -0.4 is 10.5 Å². The average molecular weight is 417 g/mol. The average Bonchev–Trinajstić information content (AvgIpc) is 2.53. The molecule has 3 heterocycles. The first-order valence-electron chi connectivity index (χ1n) is 8.56. The van der Waals surface area contributed by atoms with Crippen LogP contribution in [0.4, 0.5) is 18.9 Å². The van der Waals surface area contributed by atoms with Crippen LogP contribution in [0.15, 0.2) is 29.3 Å². The van der Waals surface area contributed by atoms with Gasteiger partial charge in [-0.15, -0.1) is 0 Å². The molecule has 2 aromatic heterocycles. The van der Waals surface area contributed by atoms with E-state index < -0.39 is 28.5 Å². The Morgan fingerprint density at radius 1 is 1.11 bits per heavy atom. The molecule has 0 spiro atoms. The summed E-state index contributed by atoms with van der Waals surface area (Å²) in [5.74, 6) is -0.0471. The lowest BCUT2D eigenvalue weighted by Crippen LogP contribution is -2.57. The fourth-order valence-corrected chi connectivity index (χ4v) is 3.69. The molecule has 2 aromatic rings. The highest BCUT2D eigenvalue weighted by atomic mass is 35.5. The van der Waals surface area contributed by atoms with Gasteiger partial charge in [-0.1, -0.05) is 11.6 Å². The van der Waals surface area contributed by atoms with Gasteiger partial charge in [0.15, 0.2) is 5.82 Å². The van der Waals surface area contributed by atoms with Crippen molar-refractivity contribution < 1.29 is 17.9 Å². The first-order chi connectivity index (χ1) is 12.8. The van der Waals surface area contributed by atoms with E-state index >= 15 is 0 Å². The predicted molar refractivity (Wildman–Crippen MR) is 99.1 cm³/mol. The first kappa shape index (κ1) is 20.6. The molecule has 1 saturated heterocycles. The molecule has 1 fully saturated rings. The van der Waals surface area contributed by atoms with Crippen LogP contribution in [-0.4, -0.2) is 39.1 Å². The van der Waals surface area contributed by atoms with E-state index in [1.165, 1.54) is 6.20 Å². The number of anilines is 1. The molecule has 152 valence electrons. The number of pyridine rings is 1. The van der Waals surface area contributed by atoms with Crippen LogP contribution in [-0.2, 0) is 10.9 Å². The molecule has 28 heavy (non-hydrogen) atoms. The van der Waals surface area contributed by atoms with E-state index in [1.807, 2.05) is 32.6 Å². The van der Waals surface area contributed by atoms with Gasteiger partial charge in [0.2, 0.25) is 0 Å². The van der Waals surface area contributed by atoms with Gasteiger partial charge in [0.05, 0.1) is 28.6 Å². The third-order valence-electron chi connectivity index (χ3n) is 4.23. The highest BCUT2D eigenvalue weighted by molar-refractivity contribution is 6.33. The normalized spacial score (nSPS) is 18.9. The van der Waals surface area contributed by atoms with Crippen LogP contribution >= 0.6 is 11.6 Å². The van der Waals surface area contributed by atoms with Crippen LogP contribution in [0, 0.1) is 0 Å². The fraction of sp³-hybridized carbons (Fsp3) is 0.500. The third kappa shape index (κ3) is 4.15. The largest absolute Gasteiger partial charge is 0.417 e. The van der Waals surface area contributed by atoms with Crippen molar-refractivity contribution in [1.29, 1.82) is 0 Å². The van der Waals surface area contributed by atoms with Crippen LogP contribution in [0.25, 0.3) is 5.82 Å². The molecular weight excluding hydrogens is 397 g/mol. The maximum atomic E-state index is 12.7. The fourth-order valence-electron chi connectivity index (χ4n) is 3.44. The van der Waals surface area contributed by atoms with Crippen molar-refractivity contribution in [2.75, 3.05) is 18.0 Å². The number of morpholine rings is 1. The molecule has 0 amide bonds. The van der Waals surface area contributed by atoms with Gasteiger partial charge in [-0.3, -0.25) is 4.79 Å². The number of hydrogen-bond acceptors (Lipinski definition) is 5. The standard InChI is InChI=1S/C18H20ClF3N4O2/c1-16(2)9-25(10-17(3,4)28-16)12-8-24-26(15(27)14(12)19)13-6-5-11(7-23-13)18(20,21)22/h5-8H,9-10H2,1-4H3. The molecule has 0 N–H and O–H groups in total. The lowest BCUT2D eigenvalue weighted by atomic mass is 9.98. The molecule has 0 atom stereocenters. The van der Waals surface area contributed by atoms with Crippen LogP contribution in [0.1, 0.15) is 33.3 Å². The van der Waals surface area contributed by atoms with Crippen molar-refractivity contribution in [3.63, 3.8) is 0 Å². The zero-order valence-electron chi connectivity index (χ0n) is 15.8. The Morgan fingerprint density at radius 3 is 2.21 bits per heavy atom. The number of ether oxygens (including phenoxy) is 1. The summed E-state index contributed by atoms with van der Waals surface area (Å²) in [7, 11) is 0. The minimum absolute atomic E-state index is 0.0471. The number of rotatable bonds is 2. The maximum absolute atomic E-state index is 12.7. The summed E-state index contributed by atoms with van der Waals surface area (Å²) < 4.78 is 45.0. The zero-order chi connectivity index (χ0) is 20.9. The molecular formula is C18H20ClF3N4O2. The monoisotopic (exact) mass is 416 g/mol. The van der Waals surface area contributed by atoms with Gasteiger partial charge in [0, 0.05) is 19.3 Å². The lowest BCUT2D eigenvalue weighted by molar-refractivity contribution is -0.137. The van der Waals surface area contributed by atoms with Crippen molar-refractivity contribution in [2.24, 2.45) is 0 Å². The molecule has 0 bridgehead atoms. The van der Waals surface area contributed by atoms with Crippen LogP contribution in [0.2, 0.25) is 5.02 Å². The van der Waals surface area contributed by atoms with Gasteiger partial charge in [-0.05, 0) is 39.8 Å². The van der Waals surface area contributed by atoms with Crippen molar-refractivity contribution in [3.8, 4) is 5.82 Å². The Hall–Kier alpha value is -2.13. The minimum atomic E-state index is -4.51. The second-order valence-corrected chi connectivity index (χ2v) is 8.32. The summed E-state index contributed by atoms with van der Waals surface area (Å²) in [6, 6.07) is 1.92. The second-order valence-electron chi connectivity index (χ2n) is 7.94. The number of aromatic nitrogens is 3. The quantitative estimate of drug-likeness (QED) is 0.747. The summed E-state index contributed by atoms with van der Waals surface area (Å²) in [5.41, 5.74) is -2.05. The van der Waals surface area contributed by atoms with E-state index in [9.17, 15) is 18.0 Å². The Balaban J connectivity index is 1.97. The van der Waals surface area contributed by atoms with Crippen LogP contribution in [0.5, 0.6) is 0 Å². The molecule has 3 rings (SSSR count). The van der Waals surface area contributed by atoms with Crippen molar-refractivity contribution in [3.05, 3.63) is 45.5 Å². The molecule has 1 aliphatic rings. The van der Waals surface area contributed by atoms with Crippen molar-refractivity contribution in [1.82, 2.24) is 14.8 Å². The summed E-state index contributed by atoms with van der Waals surface area (Å²) in [6.07, 6.45) is -2.44.